The normalized spacial score (nSPS) is 13.5. The van der Waals surface area contributed by atoms with E-state index in [2.05, 4.69) is 5.32 Å². The standard InChI is InChI=1S/C16H25FN2O3S/c1-16(2,3)14(12-7-6-8-13(17)11-12)18-15(20)19(4)9-10-23(5,21)22/h6-8,11,14H,9-10H2,1-5H3,(H,18,20)/t14-/m1/s1. The summed E-state index contributed by atoms with van der Waals surface area (Å²) in [5.74, 6) is -0.465. The van der Waals surface area contributed by atoms with Crippen LogP contribution in [0.25, 0.3) is 0 Å². The van der Waals surface area contributed by atoms with E-state index in [-0.39, 0.29) is 23.5 Å². The summed E-state index contributed by atoms with van der Waals surface area (Å²) in [5, 5.41) is 2.86. The van der Waals surface area contributed by atoms with Crippen LogP contribution in [0.5, 0.6) is 0 Å². The van der Waals surface area contributed by atoms with Gasteiger partial charge in [-0.1, -0.05) is 32.9 Å². The van der Waals surface area contributed by atoms with Gasteiger partial charge >= 0.3 is 6.03 Å². The molecule has 7 heteroatoms. The van der Waals surface area contributed by atoms with E-state index in [1.165, 1.54) is 24.1 Å². The van der Waals surface area contributed by atoms with Gasteiger partial charge in [0.15, 0.2) is 0 Å². The molecule has 0 saturated carbocycles. The minimum atomic E-state index is -3.14. The Labute approximate surface area is 137 Å². The summed E-state index contributed by atoms with van der Waals surface area (Å²) >= 11 is 0. The fourth-order valence-electron chi connectivity index (χ4n) is 2.12. The summed E-state index contributed by atoms with van der Waals surface area (Å²) in [7, 11) is -1.61. The molecule has 1 aromatic rings. The highest BCUT2D eigenvalue weighted by molar-refractivity contribution is 7.90. The van der Waals surface area contributed by atoms with Crippen LogP contribution in [0, 0.1) is 11.2 Å². The number of hydrogen-bond acceptors (Lipinski definition) is 3. The number of urea groups is 1. The van der Waals surface area contributed by atoms with Crippen molar-refractivity contribution < 1.29 is 17.6 Å². The highest BCUT2D eigenvalue weighted by Crippen LogP contribution is 2.33. The molecular weight excluding hydrogens is 319 g/mol. The Morgan fingerprint density at radius 3 is 2.43 bits per heavy atom. The smallest absolute Gasteiger partial charge is 0.317 e. The summed E-state index contributed by atoms with van der Waals surface area (Å²) < 4.78 is 35.9. The highest BCUT2D eigenvalue weighted by atomic mass is 32.2. The molecule has 0 spiro atoms. The van der Waals surface area contributed by atoms with Crippen LogP contribution in [0.4, 0.5) is 9.18 Å². The first kappa shape index (κ1) is 19.4. The van der Waals surface area contributed by atoms with Crippen LogP contribution in [0.3, 0.4) is 0 Å². The number of nitrogens with one attached hydrogen (secondary N) is 1. The summed E-state index contributed by atoms with van der Waals surface area (Å²) in [6.07, 6.45) is 1.13. The fourth-order valence-corrected chi connectivity index (χ4v) is 2.73. The molecule has 0 radical (unpaired) electrons. The van der Waals surface area contributed by atoms with Crippen LogP contribution < -0.4 is 5.32 Å². The molecule has 1 rings (SSSR count). The van der Waals surface area contributed by atoms with Crippen LogP contribution in [0.15, 0.2) is 24.3 Å². The van der Waals surface area contributed by atoms with Crippen molar-refractivity contribution in [3.63, 3.8) is 0 Å². The second kappa shape index (κ2) is 7.29. The second-order valence-electron chi connectivity index (χ2n) is 6.85. The van der Waals surface area contributed by atoms with Crippen molar-refractivity contribution in [2.45, 2.75) is 26.8 Å². The first-order valence-corrected chi connectivity index (χ1v) is 9.41. The van der Waals surface area contributed by atoms with Crippen molar-refractivity contribution in [1.82, 2.24) is 10.2 Å². The van der Waals surface area contributed by atoms with Gasteiger partial charge in [-0.3, -0.25) is 0 Å². The van der Waals surface area contributed by atoms with E-state index >= 15 is 0 Å². The maximum atomic E-state index is 13.5. The van der Waals surface area contributed by atoms with Crippen LogP contribution in [-0.4, -0.2) is 44.9 Å². The summed E-state index contributed by atoms with van der Waals surface area (Å²) in [6, 6.07) is 5.32. The lowest BCUT2D eigenvalue weighted by Crippen LogP contribution is -2.44. The van der Waals surface area contributed by atoms with Gasteiger partial charge in [0.05, 0.1) is 11.8 Å². The number of carbonyl (C=O) groups excluding carboxylic acids is 1. The molecule has 23 heavy (non-hydrogen) atoms. The Morgan fingerprint density at radius 2 is 1.96 bits per heavy atom. The molecule has 5 nitrogen and oxygen atoms in total. The number of nitrogens with zero attached hydrogens (tertiary/aromatic N) is 1. The predicted molar refractivity (Wildman–Crippen MR) is 89.5 cm³/mol. The third-order valence-corrected chi connectivity index (χ3v) is 4.38. The lowest BCUT2D eigenvalue weighted by Gasteiger charge is -2.33. The molecule has 0 saturated heterocycles. The number of hydrogen-bond donors (Lipinski definition) is 1. The largest absolute Gasteiger partial charge is 0.331 e. The second-order valence-corrected chi connectivity index (χ2v) is 9.11. The van der Waals surface area contributed by atoms with E-state index in [0.29, 0.717) is 5.56 Å². The molecule has 1 aromatic carbocycles. The summed E-state index contributed by atoms with van der Waals surface area (Å²) in [5.41, 5.74) is 0.337. The Morgan fingerprint density at radius 1 is 1.35 bits per heavy atom. The third-order valence-electron chi connectivity index (χ3n) is 3.46. The van der Waals surface area contributed by atoms with Crippen molar-refractivity contribution >= 4 is 15.9 Å². The Balaban J connectivity index is 2.88. The fraction of sp³-hybridized carbons (Fsp3) is 0.562. The Kier molecular flexibility index (Phi) is 6.16. The van der Waals surface area contributed by atoms with E-state index in [1.54, 1.807) is 12.1 Å². The van der Waals surface area contributed by atoms with Crippen LogP contribution >= 0.6 is 0 Å². The van der Waals surface area contributed by atoms with E-state index in [1.807, 2.05) is 20.8 Å². The van der Waals surface area contributed by atoms with Crippen molar-refractivity contribution in [3.8, 4) is 0 Å². The van der Waals surface area contributed by atoms with Gasteiger partial charge in [-0.05, 0) is 23.1 Å². The zero-order valence-corrected chi connectivity index (χ0v) is 15.1. The molecule has 0 heterocycles. The SMILES string of the molecule is CN(CCS(C)(=O)=O)C(=O)N[C@H](c1cccc(F)c1)C(C)(C)C. The zero-order chi connectivity index (χ0) is 17.8. The van der Waals surface area contributed by atoms with E-state index in [4.69, 9.17) is 0 Å². The molecule has 0 aromatic heterocycles. The number of halogens is 1. The molecule has 0 aliphatic heterocycles. The molecule has 1 atom stereocenters. The van der Waals surface area contributed by atoms with Crippen LogP contribution in [0.2, 0.25) is 0 Å². The minimum Gasteiger partial charge on any atom is -0.331 e. The predicted octanol–water partition coefficient (Wildman–Crippen LogP) is 2.60. The Bertz CT molecular complexity index is 654. The lowest BCUT2D eigenvalue weighted by molar-refractivity contribution is 0.191. The molecular formula is C16H25FN2O3S. The van der Waals surface area contributed by atoms with E-state index in [9.17, 15) is 17.6 Å². The van der Waals surface area contributed by atoms with Gasteiger partial charge in [0.1, 0.15) is 15.7 Å². The molecule has 130 valence electrons. The van der Waals surface area contributed by atoms with Gasteiger partial charge in [-0.2, -0.15) is 0 Å². The maximum absolute atomic E-state index is 13.5. The van der Waals surface area contributed by atoms with E-state index in [0.717, 1.165) is 6.26 Å². The molecule has 0 fully saturated rings. The first-order valence-electron chi connectivity index (χ1n) is 7.35. The van der Waals surface area contributed by atoms with Gasteiger partial charge in [-0.25, -0.2) is 17.6 Å². The van der Waals surface area contributed by atoms with Crippen molar-refractivity contribution in [2.75, 3.05) is 25.6 Å². The number of carbonyl (C=O) groups is 1. The molecule has 0 aliphatic rings. The molecule has 1 N–H and O–H groups in total. The van der Waals surface area contributed by atoms with Crippen molar-refractivity contribution in [3.05, 3.63) is 35.6 Å². The van der Waals surface area contributed by atoms with Crippen LogP contribution in [-0.2, 0) is 9.84 Å². The highest BCUT2D eigenvalue weighted by Gasteiger charge is 2.29. The van der Waals surface area contributed by atoms with Gasteiger partial charge in [0, 0.05) is 19.8 Å². The first-order chi connectivity index (χ1) is 10.4. The van der Waals surface area contributed by atoms with Gasteiger partial charge in [0.2, 0.25) is 0 Å². The van der Waals surface area contributed by atoms with Crippen molar-refractivity contribution in [1.29, 1.82) is 0 Å². The molecule has 0 bridgehead atoms. The lowest BCUT2D eigenvalue weighted by atomic mass is 9.82. The third kappa shape index (κ3) is 6.56. The zero-order valence-electron chi connectivity index (χ0n) is 14.3. The molecule has 0 unspecified atom stereocenters. The average molecular weight is 344 g/mol. The summed E-state index contributed by atoms with van der Waals surface area (Å²) in [4.78, 5) is 13.6. The maximum Gasteiger partial charge on any atom is 0.317 e. The molecule has 2 amide bonds. The topological polar surface area (TPSA) is 66.5 Å². The number of amides is 2. The minimum absolute atomic E-state index is 0.100. The summed E-state index contributed by atoms with van der Waals surface area (Å²) in [6.45, 7) is 5.93. The number of sulfone groups is 1. The number of benzene rings is 1. The van der Waals surface area contributed by atoms with Crippen LogP contribution in [0.1, 0.15) is 32.4 Å². The Hall–Kier alpha value is -1.63. The quantitative estimate of drug-likeness (QED) is 0.893. The van der Waals surface area contributed by atoms with Gasteiger partial charge in [-0.15, -0.1) is 0 Å². The van der Waals surface area contributed by atoms with Gasteiger partial charge < -0.3 is 10.2 Å². The van der Waals surface area contributed by atoms with E-state index < -0.39 is 21.9 Å². The monoisotopic (exact) mass is 344 g/mol. The van der Waals surface area contributed by atoms with Crippen molar-refractivity contribution in [2.24, 2.45) is 5.41 Å². The van der Waals surface area contributed by atoms with Gasteiger partial charge in [0.25, 0.3) is 0 Å². The molecule has 0 aliphatic carbocycles. The average Bonchev–Trinajstić information content (AvgIpc) is 2.39. The number of rotatable bonds is 5.